The minimum Gasteiger partial charge on any atom is -0.394 e. The van der Waals surface area contributed by atoms with Crippen molar-refractivity contribution in [2.75, 3.05) is 19.9 Å². The summed E-state index contributed by atoms with van der Waals surface area (Å²) in [6.45, 7) is -2.87. The largest absolute Gasteiger partial charge is 0.394 e. The van der Waals surface area contributed by atoms with Crippen LogP contribution in [0, 0.1) is 0 Å². The van der Waals surface area contributed by atoms with Gasteiger partial charge >= 0.3 is 0 Å². The third-order valence-corrected chi connectivity index (χ3v) is 4.04. The zero-order valence-electron chi connectivity index (χ0n) is 12.0. The van der Waals surface area contributed by atoms with Gasteiger partial charge in [-0.05, 0) is 0 Å². The van der Waals surface area contributed by atoms with Gasteiger partial charge in [0.15, 0.2) is 6.29 Å². The molecule has 0 amide bonds. The zero-order chi connectivity index (χ0) is 17.4. The Balaban J connectivity index is 2.18. The number of aliphatic hydroxyl groups is 7. The molecule has 7 N–H and O–H groups in total. The first-order chi connectivity index (χ1) is 10.8. The normalized spacial score (nSPS) is 51.1. The summed E-state index contributed by atoms with van der Waals surface area (Å²) < 4.78 is 28.0. The van der Waals surface area contributed by atoms with E-state index in [2.05, 4.69) is 0 Å². The highest BCUT2D eigenvalue weighted by molar-refractivity contribution is 4.98. The van der Waals surface area contributed by atoms with Crippen LogP contribution in [0.1, 0.15) is 0 Å². The minimum atomic E-state index is -2.26. The molecule has 0 bridgehead atoms. The smallest absolute Gasteiger partial charge is 0.224 e. The fraction of sp³-hybridized carbons (Fsp3) is 1.00. The highest BCUT2D eigenvalue weighted by atomic mass is 19.1. The summed E-state index contributed by atoms with van der Waals surface area (Å²) in [7, 11) is 0. The molecular formula is C12H21FO10. The standard InChI is InChI=1S/C12H21FO10/c13-1-4-6(16)8(18)9(19)11(21-4)23-12(3-15)10(20)7(17)5(2-14)22-12/h4-11,14-20H,1-3H2/t4-,5-,6-,7-,8+,9-,10+,11?,12?/m1/s1. The molecule has 11 heteroatoms. The quantitative estimate of drug-likeness (QED) is 0.258. The molecule has 0 saturated carbocycles. The van der Waals surface area contributed by atoms with Crippen molar-refractivity contribution in [3.05, 3.63) is 0 Å². The Morgan fingerprint density at radius 2 is 1.57 bits per heavy atom. The lowest BCUT2D eigenvalue weighted by atomic mass is 9.99. The summed E-state index contributed by atoms with van der Waals surface area (Å²) in [5, 5.41) is 67.3. The van der Waals surface area contributed by atoms with Crippen molar-refractivity contribution in [3.63, 3.8) is 0 Å². The summed E-state index contributed by atoms with van der Waals surface area (Å²) in [5.74, 6) is -2.26. The van der Waals surface area contributed by atoms with E-state index < -0.39 is 74.7 Å². The summed E-state index contributed by atoms with van der Waals surface area (Å²) in [4.78, 5) is 0. The summed E-state index contributed by atoms with van der Waals surface area (Å²) in [5.41, 5.74) is 0. The van der Waals surface area contributed by atoms with Crippen molar-refractivity contribution in [1.29, 1.82) is 0 Å². The Bertz CT molecular complexity index is 398. The Labute approximate surface area is 130 Å². The van der Waals surface area contributed by atoms with Crippen molar-refractivity contribution in [3.8, 4) is 0 Å². The molecule has 0 spiro atoms. The molecule has 2 saturated heterocycles. The van der Waals surface area contributed by atoms with Crippen molar-refractivity contribution in [2.45, 2.75) is 54.8 Å². The lowest BCUT2D eigenvalue weighted by Gasteiger charge is -2.43. The van der Waals surface area contributed by atoms with Gasteiger partial charge in [-0.3, -0.25) is 0 Å². The van der Waals surface area contributed by atoms with Crippen molar-refractivity contribution < 1.29 is 54.3 Å². The van der Waals surface area contributed by atoms with Gasteiger partial charge in [0.25, 0.3) is 0 Å². The molecule has 2 heterocycles. The van der Waals surface area contributed by atoms with Gasteiger partial charge in [-0.1, -0.05) is 0 Å². The number of halogens is 1. The van der Waals surface area contributed by atoms with Gasteiger partial charge in [0, 0.05) is 0 Å². The van der Waals surface area contributed by atoms with Crippen LogP contribution in [0.5, 0.6) is 0 Å². The average molecular weight is 344 g/mol. The number of ether oxygens (including phenoxy) is 3. The highest BCUT2D eigenvalue weighted by Crippen LogP contribution is 2.35. The van der Waals surface area contributed by atoms with Crippen molar-refractivity contribution in [1.82, 2.24) is 0 Å². The third kappa shape index (κ3) is 3.22. The molecular weight excluding hydrogens is 323 g/mol. The van der Waals surface area contributed by atoms with E-state index in [-0.39, 0.29) is 0 Å². The van der Waals surface area contributed by atoms with Gasteiger partial charge in [-0.25, -0.2) is 4.39 Å². The van der Waals surface area contributed by atoms with Gasteiger partial charge in [0.1, 0.15) is 56.0 Å². The van der Waals surface area contributed by atoms with Crippen molar-refractivity contribution >= 4 is 0 Å². The minimum absolute atomic E-state index is 0.689. The van der Waals surface area contributed by atoms with Crippen LogP contribution in [0.2, 0.25) is 0 Å². The lowest BCUT2D eigenvalue weighted by Crippen LogP contribution is -2.62. The van der Waals surface area contributed by atoms with Crippen LogP contribution in [-0.4, -0.2) is 110 Å². The van der Waals surface area contributed by atoms with Crippen LogP contribution in [0.15, 0.2) is 0 Å². The molecule has 9 atom stereocenters. The van der Waals surface area contributed by atoms with E-state index in [1.807, 2.05) is 0 Å². The Morgan fingerprint density at radius 1 is 0.913 bits per heavy atom. The first kappa shape index (κ1) is 18.9. The van der Waals surface area contributed by atoms with Crippen LogP contribution in [0.25, 0.3) is 0 Å². The van der Waals surface area contributed by atoms with Crippen LogP contribution in [0.4, 0.5) is 4.39 Å². The number of rotatable bonds is 5. The summed E-state index contributed by atoms with van der Waals surface area (Å²) >= 11 is 0. The Hall–Kier alpha value is -0.470. The Morgan fingerprint density at radius 3 is 2.04 bits per heavy atom. The van der Waals surface area contributed by atoms with E-state index in [1.165, 1.54) is 0 Å². The number of hydrogen-bond donors (Lipinski definition) is 7. The van der Waals surface area contributed by atoms with Gasteiger partial charge in [0.05, 0.1) is 6.61 Å². The highest BCUT2D eigenvalue weighted by Gasteiger charge is 2.58. The molecule has 0 aromatic rings. The predicted molar refractivity (Wildman–Crippen MR) is 67.5 cm³/mol. The summed E-state index contributed by atoms with van der Waals surface area (Å²) in [6, 6.07) is 0. The molecule has 0 aromatic heterocycles. The number of aliphatic hydroxyl groups excluding tert-OH is 7. The monoisotopic (exact) mass is 344 g/mol. The summed E-state index contributed by atoms with van der Waals surface area (Å²) in [6.07, 6.45) is -13.3. The predicted octanol–water partition coefficient (Wildman–Crippen LogP) is -4.42. The first-order valence-corrected chi connectivity index (χ1v) is 7.00. The molecule has 10 nitrogen and oxygen atoms in total. The van der Waals surface area contributed by atoms with Gasteiger partial charge in [-0.15, -0.1) is 0 Å². The lowest BCUT2D eigenvalue weighted by molar-refractivity contribution is -0.382. The van der Waals surface area contributed by atoms with Crippen LogP contribution >= 0.6 is 0 Å². The second-order valence-corrected chi connectivity index (χ2v) is 5.53. The molecule has 23 heavy (non-hydrogen) atoms. The maximum atomic E-state index is 12.8. The molecule has 2 aliphatic heterocycles. The third-order valence-electron chi connectivity index (χ3n) is 4.04. The number of hydrogen-bond acceptors (Lipinski definition) is 10. The molecule has 2 unspecified atom stereocenters. The topological polar surface area (TPSA) is 169 Å². The van der Waals surface area contributed by atoms with Crippen LogP contribution in [-0.2, 0) is 14.2 Å². The fourth-order valence-electron chi connectivity index (χ4n) is 2.61. The second kappa shape index (κ2) is 7.19. The molecule has 2 aliphatic rings. The number of alkyl halides is 1. The molecule has 136 valence electrons. The molecule has 0 aliphatic carbocycles. The zero-order valence-corrected chi connectivity index (χ0v) is 12.0. The van der Waals surface area contributed by atoms with E-state index in [4.69, 9.17) is 19.3 Å². The van der Waals surface area contributed by atoms with E-state index in [0.717, 1.165) is 0 Å². The van der Waals surface area contributed by atoms with E-state index in [0.29, 0.717) is 0 Å². The maximum absolute atomic E-state index is 12.8. The average Bonchev–Trinajstić information content (AvgIpc) is 2.80. The molecule has 2 rings (SSSR count). The fourth-order valence-corrected chi connectivity index (χ4v) is 2.61. The van der Waals surface area contributed by atoms with Gasteiger partial charge in [0.2, 0.25) is 5.79 Å². The molecule has 0 radical (unpaired) electrons. The molecule has 0 aromatic carbocycles. The van der Waals surface area contributed by atoms with E-state index in [9.17, 15) is 35.0 Å². The molecule has 2 fully saturated rings. The van der Waals surface area contributed by atoms with Crippen molar-refractivity contribution in [2.24, 2.45) is 0 Å². The first-order valence-electron chi connectivity index (χ1n) is 7.00. The second-order valence-electron chi connectivity index (χ2n) is 5.53. The Kier molecular flexibility index (Phi) is 5.90. The van der Waals surface area contributed by atoms with Gasteiger partial charge < -0.3 is 50.0 Å². The van der Waals surface area contributed by atoms with Crippen LogP contribution in [0.3, 0.4) is 0 Å². The maximum Gasteiger partial charge on any atom is 0.224 e. The van der Waals surface area contributed by atoms with Gasteiger partial charge in [-0.2, -0.15) is 0 Å². The van der Waals surface area contributed by atoms with E-state index >= 15 is 0 Å². The SMILES string of the molecule is OC[C@H]1OC(CO)(OC2O[C@H](CF)[C@@H](O)[C@H](O)[C@H]2O)[C@@H](O)[C@@H]1O. The van der Waals surface area contributed by atoms with E-state index in [1.54, 1.807) is 0 Å². The van der Waals surface area contributed by atoms with Crippen LogP contribution < -0.4 is 0 Å².